The van der Waals surface area contributed by atoms with Crippen molar-refractivity contribution in [1.82, 2.24) is 10.2 Å². The molecule has 0 aliphatic heterocycles. The number of carbonyl (C=O) groups is 2. The van der Waals surface area contributed by atoms with Gasteiger partial charge in [-0.3, -0.25) is 9.59 Å². The number of amides is 1. The Morgan fingerprint density at radius 3 is 2.25 bits per heavy atom. The van der Waals surface area contributed by atoms with Crippen LogP contribution in [0.2, 0.25) is 0 Å². The van der Waals surface area contributed by atoms with E-state index < -0.39 is 12.0 Å². The van der Waals surface area contributed by atoms with Crippen molar-refractivity contribution < 1.29 is 14.7 Å². The van der Waals surface area contributed by atoms with Gasteiger partial charge in [0.05, 0.1) is 6.42 Å². The van der Waals surface area contributed by atoms with Gasteiger partial charge in [0, 0.05) is 18.8 Å². The van der Waals surface area contributed by atoms with Gasteiger partial charge in [0.15, 0.2) is 0 Å². The number of carbonyl (C=O) groups excluding carboxylic acids is 1. The van der Waals surface area contributed by atoms with Crippen LogP contribution < -0.4 is 10.6 Å². The van der Waals surface area contributed by atoms with Crippen molar-refractivity contribution in [2.75, 3.05) is 31.5 Å². The zero-order valence-corrected chi connectivity index (χ0v) is 14.8. The molecule has 6 heteroatoms. The van der Waals surface area contributed by atoms with E-state index >= 15 is 0 Å². The molecule has 6 nitrogen and oxygen atoms in total. The predicted molar refractivity (Wildman–Crippen MR) is 96.3 cm³/mol. The minimum absolute atomic E-state index is 0.0941. The highest BCUT2D eigenvalue weighted by Gasteiger charge is 2.20. The number of hydrogen-bond acceptors (Lipinski definition) is 4. The zero-order chi connectivity index (χ0) is 17.9. The molecule has 0 aliphatic carbocycles. The first-order chi connectivity index (χ1) is 11.5. The SMILES string of the molecule is CCc1ccc(NC(=O)C[C@@H](NCCN(CC)CC)C(=O)O)cc1. The summed E-state index contributed by atoms with van der Waals surface area (Å²) >= 11 is 0. The van der Waals surface area contributed by atoms with Crippen molar-refractivity contribution in [3.05, 3.63) is 29.8 Å². The summed E-state index contributed by atoms with van der Waals surface area (Å²) < 4.78 is 0. The zero-order valence-electron chi connectivity index (χ0n) is 14.8. The molecule has 1 rings (SSSR count). The maximum absolute atomic E-state index is 12.1. The van der Waals surface area contributed by atoms with Crippen LogP contribution in [0.3, 0.4) is 0 Å². The van der Waals surface area contributed by atoms with Gasteiger partial charge in [-0.05, 0) is 37.2 Å². The van der Waals surface area contributed by atoms with Gasteiger partial charge in [0.2, 0.25) is 5.91 Å². The Kier molecular flexibility index (Phi) is 9.04. The van der Waals surface area contributed by atoms with Crippen LogP contribution in [0.1, 0.15) is 32.8 Å². The average molecular weight is 335 g/mol. The molecule has 0 radical (unpaired) electrons. The van der Waals surface area contributed by atoms with E-state index in [1.165, 1.54) is 5.56 Å². The number of carboxylic acid groups (broad SMARTS) is 1. The number of benzene rings is 1. The van der Waals surface area contributed by atoms with Crippen LogP contribution in [-0.2, 0) is 16.0 Å². The first-order valence-corrected chi connectivity index (χ1v) is 8.57. The Bertz CT molecular complexity index is 513. The first kappa shape index (κ1) is 20.1. The molecule has 0 bridgehead atoms. The Morgan fingerprint density at radius 2 is 1.75 bits per heavy atom. The van der Waals surface area contributed by atoms with E-state index in [0.717, 1.165) is 26.1 Å². The monoisotopic (exact) mass is 335 g/mol. The topological polar surface area (TPSA) is 81.7 Å². The first-order valence-electron chi connectivity index (χ1n) is 8.57. The molecule has 0 heterocycles. The predicted octanol–water partition coefficient (Wildman–Crippen LogP) is 1.96. The average Bonchev–Trinajstić information content (AvgIpc) is 2.58. The maximum atomic E-state index is 12.1. The molecule has 0 unspecified atom stereocenters. The number of aryl methyl sites for hydroxylation is 1. The smallest absolute Gasteiger partial charge is 0.321 e. The van der Waals surface area contributed by atoms with Crippen molar-refractivity contribution in [3.63, 3.8) is 0 Å². The highest BCUT2D eigenvalue weighted by molar-refractivity contribution is 5.94. The lowest BCUT2D eigenvalue weighted by molar-refractivity contribution is -0.141. The van der Waals surface area contributed by atoms with Gasteiger partial charge in [-0.1, -0.05) is 32.9 Å². The summed E-state index contributed by atoms with van der Waals surface area (Å²) in [6, 6.07) is 6.69. The highest BCUT2D eigenvalue weighted by Crippen LogP contribution is 2.10. The summed E-state index contributed by atoms with van der Waals surface area (Å²) in [6.45, 7) is 9.34. The van der Waals surface area contributed by atoms with E-state index in [-0.39, 0.29) is 12.3 Å². The molecule has 0 aliphatic rings. The largest absolute Gasteiger partial charge is 0.480 e. The number of anilines is 1. The van der Waals surface area contributed by atoms with Crippen molar-refractivity contribution in [3.8, 4) is 0 Å². The molecule has 0 spiro atoms. The highest BCUT2D eigenvalue weighted by atomic mass is 16.4. The molecule has 3 N–H and O–H groups in total. The number of nitrogens with one attached hydrogen (secondary N) is 2. The third-order valence-corrected chi connectivity index (χ3v) is 4.05. The second kappa shape index (κ2) is 10.8. The summed E-state index contributed by atoms with van der Waals surface area (Å²) in [7, 11) is 0. The van der Waals surface area contributed by atoms with E-state index in [4.69, 9.17) is 0 Å². The molecule has 24 heavy (non-hydrogen) atoms. The molecule has 0 saturated heterocycles. The molecule has 0 aromatic heterocycles. The van der Waals surface area contributed by atoms with E-state index in [1.807, 2.05) is 24.3 Å². The number of carboxylic acids is 1. The van der Waals surface area contributed by atoms with Crippen LogP contribution in [0.4, 0.5) is 5.69 Å². The summed E-state index contributed by atoms with van der Waals surface area (Å²) in [5.41, 5.74) is 1.87. The molecule has 1 aromatic rings. The lowest BCUT2D eigenvalue weighted by Gasteiger charge is -2.20. The maximum Gasteiger partial charge on any atom is 0.321 e. The van der Waals surface area contributed by atoms with Gasteiger partial charge in [-0.2, -0.15) is 0 Å². The number of nitrogens with zero attached hydrogens (tertiary/aromatic N) is 1. The number of aliphatic carboxylic acids is 1. The minimum atomic E-state index is -1.01. The Balaban J connectivity index is 2.48. The minimum Gasteiger partial charge on any atom is -0.480 e. The van der Waals surface area contributed by atoms with Gasteiger partial charge >= 0.3 is 5.97 Å². The molecule has 1 amide bonds. The summed E-state index contributed by atoms with van der Waals surface area (Å²) in [5, 5.41) is 15.0. The van der Waals surface area contributed by atoms with Crippen molar-refractivity contribution in [2.24, 2.45) is 0 Å². The normalized spacial score (nSPS) is 12.2. The Labute approximate surface area is 144 Å². The number of likely N-dealkylation sites (N-methyl/N-ethyl adjacent to an activating group) is 1. The molecule has 0 fully saturated rings. The third kappa shape index (κ3) is 7.10. The van der Waals surface area contributed by atoms with Crippen molar-refractivity contribution in [2.45, 2.75) is 39.7 Å². The van der Waals surface area contributed by atoms with E-state index in [1.54, 1.807) is 0 Å². The number of rotatable bonds is 11. The van der Waals surface area contributed by atoms with E-state index in [9.17, 15) is 14.7 Å². The van der Waals surface area contributed by atoms with Crippen LogP contribution in [0, 0.1) is 0 Å². The van der Waals surface area contributed by atoms with Crippen LogP contribution in [-0.4, -0.2) is 54.1 Å². The number of hydrogen-bond donors (Lipinski definition) is 3. The summed E-state index contributed by atoms with van der Waals surface area (Å²) in [5.74, 6) is -1.31. The standard InChI is InChI=1S/C18H29N3O3/c1-4-14-7-9-15(10-8-14)20-17(22)13-16(18(23)24)19-11-12-21(5-2)6-3/h7-10,16,19H,4-6,11-13H2,1-3H3,(H,20,22)(H,23,24)/t16-/m1/s1. The molecule has 134 valence electrons. The molecule has 0 saturated carbocycles. The lowest BCUT2D eigenvalue weighted by atomic mass is 10.1. The second-order valence-corrected chi connectivity index (χ2v) is 5.67. The Morgan fingerprint density at radius 1 is 1.12 bits per heavy atom. The van der Waals surface area contributed by atoms with Gasteiger partial charge in [-0.15, -0.1) is 0 Å². The van der Waals surface area contributed by atoms with Gasteiger partial charge in [0.1, 0.15) is 6.04 Å². The fraction of sp³-hybridized carbons (Fsp3) is 0.556. The summed E-state index contributed by atoms with van der Waals surface area (Å²) in [6.07, 6.45) is 0.842. The molecular weight excluding hydrogens is 306 g/mol. The van der Waals surface area contributed by atoms with Crippen LogP contribution in [0.5, 0.6) is 0 Å². The van der Waals surface area contributed by atoms with Gasteiger partial charge in [-0.25, -0.2) is 0 Å². The van der Waals surface area contributed by atoms with E-state index in [0.29, 0.717) is 12.2 Å². The van der Waals surface area contributed by atoms with Crippen LogP contribution in [0.15, 0.2) is 24.3 Å². The summed E-state index contributed by atoms with van der Waals surface area (Å²) in [4.78, 5) is 25.6. The second-order valence-electron chi connectivity index (χ2n) is 5.67. The van der Waals surface area contributed by atoms with Crippen molar-refractivity contribution in [1.29, 1.82) is 0 Å². The van der Waals surface area contributed by atoms with Crippen LogP contribution >= 0.6 is 0 Å². The fourth-order valence-corrected chi connectivity index (χ4v) is 2.40. The Hall–Kier alpha value is -1.92. The van der Waals surface area contributed by atoms with Gasteiger partial charge in [0.25, 0.3) is 0 Å². The lowest BCUT2D eigenvalue weighted by Crippen LogP contribution is -2.43. The third-order valence-electron chi connectivity index (χ3n) is 4.05. The molecule has 1 atom stereocenters. The fourth-order valence-electron chi connectivity index (χ4n) is 2.40. The van der Waals surface area contributed by atoms with Gasteiger partial charge < -0.3 is 20.6 Å². The van der Waals surface area contributed by atoms with E-state index in [2.05, 4.69) is 36.3 Å². The van der Waals surface area contributed by atoms with Crippen LogP contribution in [0.25, 0.3) is 0 Å². The quantitative estimate of drug-likeness (QED) is 0.576. The molecular formula is C18H29N3O3. The molecule has 1 aromatic carbocycles. The van der Waals surface area contributed by atoms with Crippen molar-refractivity contribution >= 4 is 17.6 Å².